The molecule has 1 aliphatic rings. The lowest BCUT2D eigenvalue weighted by molar-refractivity contribution is 0.107. The summed E-state index contributed by atoms with van der Waals surface area (Å²) in [5.74, 6) is 5.43. The summed E-state index contributed by atoms with van der Waals surface area (Å²) in [5.41, 5.74) is 3.30. The standard InChI is InChI=1S/C14H21ClFN3/c1-14(2,19-7-3-4-8-19)13(18-17)11-9-10(16)5-6-12(11)15/h5-6,9,13,18H,3-4,7-8,17H2,1-2H3. The molecule has 5 heteroatoms. The maximum absolute atomic E-state index is 13.5. The van der Waals surface area contributed by atoms with E-state index in [1.54, 1.807) is 6.07 Å². The highest BCUT2D eigenvalue weighted by molar-refractivity contribution is 6.31. The van der Waals surface area contributed by atoms with Gasteiger partial charge < -0.3 is 0 Å². The largest absolute Gasteiger partial charge is 0.296 e. The van der Waals surface area contributed by atoms with Gasteiger partial charge in [0, 0.05) is 10.6 Å². The second kappa shape index (κ2) is 5.75. The Morgan fingerprint density at radius 3 is 2.58 bits per heavy atom. The molecule has 2 rings (SSSR count). The van der Waals surface area contributed by atoms with E-state index in [0.29, 0.717) is 10.6 Å². The van der Waals surface area contributed by atoms with E-state index in [0.717, 1.165) is 13.1 Å². The smallest absolute Gasteiger partial charge is 0.123 e. The Morgan fingerprint density at radius 2 is 2.00 bits per heavy atom. The Kier molecular flexibility index (Phi) is 4.46. The molecule has 3 N–H and O–H groups in total. The molecule has 19 heavy (non-hydrogen) atoms. The highest BCUT2D eigenvalue weighted by atomic mass is 35.5. The summed E-state index contributed by atoms with van der Waals surface area (Å²) in [6.45, 7) is 6.31. The number of hydrogen-bond acceptors (Lipinski definition) is 3. The Morgan fingerprint density at radius 1 is 1.37 bits per heavy atom. The molecule has 1 fully saturated rings. The van der Waals surface area contributed by atoms with Crippen molar-refractivity contribution in [2.75, 3.05) is 13.1 Å². The minimum absolute atomic E-state index is 0.214. The highest BCUT2D eigenvalue weighted by Gasteiger charge is 2.38. The third-order valence-corrected chi connectivity index (χ3v) is 4.41. The first kappa shape index (κ1) is 14.7. The first-order valence-corrected chi connectivity index (χ1v) is 7.00. The maximum Gasteiger partial charge on any atom is 0.123 e. The molecule has 0 bridgehead atoms. The summed E-state index contributed by atoms with van der Waals surface area (Å²) < 4.78 is 13.5. The summed E-state index contributed by atoms with van der Waals surface area (Å²) in [7, 11) is 0. The number of nitrogens with zero attached hydrogens (tertiary/aromatic N) is 1. The molecule has 106 valence electrons. The molecule has 1 aromatic carbocycles. The molecular formula is C14H21ClFN3. The van der Waals surface area contributed by atoms with Crippen LogP contribution in [-0.4, -0.2) is 23.5 Å². The number of rotatable bonds is 4. The monoisotopic (exact) mass is 285 g/mol. The summed E-state index contributed by atoms with van der Waals surface area (Å²) in [6.07, 6.45) is 2.38. The van der Waals surface area contributed by atoms with E-state index in [1.807, 2.05) is 0 Å². The number of benzene rings is 1. The van der Waals surface area contributed by atoms with Crippen molar-refractivity contribution in [3.63, 3.8) is 0 Å². The number of nitrogens with one attached hydrogen (secondary N) is 1. The van der Waals surface area contributed by atoms with Crippen molar-refractivity contribution < 1.29 is 4.39 Å². The first-order valence-electron chi connectivity index (χ1n) is 6.63. The second-order valence-corrected chi connectivity index (χ2v) is 6.02. The van der Waals surface area contributed by atoms with Gasteiger partial charge in [0.1, 0.15) is 5.82 Å². The van der Waals surface area contributed by atoms with E-state index in [2.05, 4.69) is 24.2 Å². The zero-order valence-corrected chi connectivity index (χ0v) is 12.2. The second-order valence-electron chi connectivity index (χ2n) is 5.61. The molecule has 1 atom stereocenters. The Hall–Kier alpha value is -0.680. The van der Waals surface area contributed by atoms with Gasteiger partial charge in [-0.05, 0) is 63.5 Å². The van der Waals surface area contributed by atoms with E-state index in [-0.39, 0.29) is 17.4 Å². The van der Waals surface area contributed by atoms with Gasteiger partial charge in [0.05, 0.1) is 6.04 Å². The van der Waals surface area contributed by atoms with Crippen LogP contribution in [0.5, 0.6) is 0 Å². The van der Waals surface area contributed by atoms with E-state index < -0.39 is 0 Å². The maximum atomic E-state index is 13.5. The number of hydrazine groups is 1. The van der Waals surface area contributed by atoms with Crippen molar-refractivity contribution in [3.05, 3.63) is 34.6 Å². The van der Waals surface area contributed by atoms with Gasteiger partial charge in [0.25, 0.3) is 0 Å². The Bertz CT molecular complexity index is 444. The average molecular weight is 286 g/mol. The van der Waals surface area contributed by atoms with Crippen LogP contribution in [0.25, 0.3) is 0 Å². The fourth-order valence-electron chi connectivity index (χ4n) is 2.89. The molecule has 0 amide bonds. The van der Waals surface area contributed by atoms with Crippen LogP contribution in [0.3, 0.4) is 0 Å². The van der Waals surface area contributed by atoms with Crippen LogP contribution in [0.1, 0.15) is 38.3 Å². The molecule has 1 aromatic rings. The highest BCUT2D eigenvalue weighted by Crippen LogP contribution is 2.36. The summed E-state index contributed by atoms with van der Waals surface area (Å²) in [4.78, 5) is 2.37. The number of nitrogens with two attached hydrogens (primary N) is 1. The third kappa shape index (κ3) is 2.92. The predicted octanol–water partition coefficient (Wildman–Crippen LogP) is 2.86. The lowest BCUT2D eigenvalue weighted by Gasteiger charge is -2.42. The van der Waals surface area contributed by atoms with Gasteiger partial charge in [-0.15, -0.1) is 0 Å². The molecule has 0 aromatic heterocycles. The fourth-order valence-corrected chi connectivity index (χ4v) is 3.11. The van der Waals surface area contributed by atoms with Crippen molar-refractivity contribution in [2.45, 2.75) is 38.3 Å². The normalized spacial score (nSPS) is 18.8. The third-order valence-electron chi connectivity index (χ3n) is 4.06. The van der Waals surface area contributed by atoms with Gasteiger partial charge in [0.2, 0.25) is 0 Å². The molecular weight excluding hydrogens is 265 g/mol. The van der Waals surface area contributed by atoms with Gasteiger partial charge in [-0.2, -0.15) is 0 Å². The van der Waals surface area contributed by atoms with Crippen LogP contribution in [0, 0.1) is 5.82 Å². The van der Waals surface area contributed by atoms with Crippen molar-refractivity contribution in [1.82, 2.24) is 10.3 Å². The molecule has 1 heterocycles. The predicted molar refractivity (Wildman–Crippen MR) is 76.4 cm³/mol. The molecule has 0 spiro atoms. The molecule has 1 aliphatic heterocycles. The minimum Gasteiger partial charge on any atom is -0.296 e. The van der Waals surface area contributed by atoms with Crippen molar-refractivity contribution in [2.24, 2.45) is 5.84 Å². The Balaban J connectivity index is 2.35. The van der Waals surface area contributed by atoms with Gasteiger partial charge in [0.15, 0.2) is 0 Å². The molecule has 1 saturated heterocycles. The SMILES string of the molecule is CC(C)(C(NN)c1cc(F)ccc1Cl)N1CCCC1. The number of halogens is 2. The van der Waals surface area contributed by atoms with Crippen molar-refractivity contribution >= 4 is 11.6 Å². The Labute approximate surface area is 118 Å². The molecule has 0 radical (unpaired) electrons. The van der Waals surface area contributed by atoms with Gasteiger partial charge in [-0.25, -0.2) is 4.39 Å². The summed E-state index contributed by atoms with van der Waals surface area (Å²) in [5, 5.41) is 0.539. The zero-order chi connectivity index (χ0) is 14.0. The topological polar surface area (TPSA) is 41.3 Å². The fraction of sp³-hybridized carbons (Fsp3) is 0.571. The van der Waals surface area contributed by atoms with Crippen LogP contribution in [0.4, 0.5) is 4.39 Å². The molecule has 0 aliphatic carbocycles. The van der Waals surface area contributed by atoms with Gasteiger partial charge in [-0.1, -0.05) is 11.6 Å². The summed E-state index contributed by atoms with van der Waals surface area (Å²) in [6, 6.07) is 4.19. The van der Waals surface area contributed by atoms with Crippen molar-refractivity contribution in [1.29, 1.82) is 0 Å². The van der Waals surface area contributed by atoms with Crippen LogP contribution in [0.2, 0.25) is 5.02 Å². The molecule has 1 unspecified atom stereocenters. The molecule has 3 nitrogen and oxygen atoms in total. The van der Waals surface area contributed by atoms with Crippen LogP contribution in [0.15, 0.2) is 18.2 Å². The van der Waals surface area contributed by atoms with Crippen LogP contribution >= 0.6 is 11.6 Å². The lowest BCUT2D eigenvalue weighted by atomic mass is 9.87. The number of likely N-dealkylation sites (tertiary alicyclic amines) is 1. The first-order chi connectivity index (χ1) is 8.96. The number of hydrogen-bond donors (Lipinski definition) is 2. The minimum atomic E-state index is -0.295. The van der Waals surface area contributed by atoms with Gasteiger partial charge in [-0.3, -0.25) is 16.2 Å². The quantitative estimate of drug-likeness (QED) is 0.660. The van der Waals surface area contributed by atoms with E-state index in [9.17, 15) is 4.39 Å². The van der Waals surface area contributed by atoms with Crippen molar-refractivity contribution in [3.8, 4) is 0 Å². The molecule has 0 saturated carbocycles. The van der Waals surface area contributed by atoms with Gasteiger partial charge >= 0.3 is 0 Å². The zero-order valence-electron chi connectivity index (χ0n) is 11.4. The lowest BCUT2D eigenvalue weighted by Crippen LogP contribution is -2.53. The van der Waals surface area contributed by atoms with E-state index in [1.165, 1.54) is 25.0 Å². The van der Waals surface area contributed by atoms with Crippen LogP contribution in [-0.2, 0) is 0 Å². The van der Waals surface area contributed by atoms with E-state index in [4.69, 9.17) is 17.4 Å². The van der Waals surface area contributed by atoms with E-state index >= 15 is 0 Å². The average Bonchev–Trinajstić information content (AvgIpc) is 2.88. The van der Waals surface area contributed by atoms with Crippen LogP contribution < -0.4 is 11.3 Å². The summed E-state index contributed by atoms with van der Waals surface area (Å²) >= 11 is 6.20.